The van der Waals surface area contributed by atoms with Gasteiger partial charge in [0.2, 0.25) is 0 Å². The number of non-ortho nitro benzene ring substituents is 1. The number of benzene rings is 1. The molecule has 0 radical (unpaired) electrons. The van der Waals surface area contributed by atoms with Gasteiger partial charge in [0.05, 0.1) is 22.0 Å². The Labute approximate surface area is 114 Å². The number of nitro benzene ring substituents is 2. The van der Waals surface area contributed by atoms with Gasteiger partial charge in [-0.3, -0.25) is 20.2 Å². The summed E-state index contributed by atoms with van der Waals surface area (Å²) in [6, 6.07) is 3.63. The molecule has 2 unspecified atom stereocenters. The summed E-state index contributed by atoms with van der Waals surface area (Å²) in [5.41, 5.74) is -0.159. The zero-order valence-corrected chi connectivity index (χ0v) is 10.7. The largest absolute Gasteiger partial charge is 0.393 e. The minimum Gasteiger partial charge on any atom is -0.393 e. The number of aliphatic hydroxyl groups excluding tert-OH is 1. The highest BCUT2D eigenvalue weighted by atomic mass is 16.6. The van der Waals surface area contributed by atoms with Crippen LogP contribution in [0.3, 0.4) is 0 Å². The van der Waals surface area contributed by atoms with E-state index in [-0.39, 0.29) is 17.3 Å². The third kappa shape index (κ3) is 3.09. The van der Waals surface area contributed by atoms with Crippen LogP contribution in [0.15, 0.2) is 18.2 Å². The van der Waals surface area contributed by atoms with Gasteiger partial charge in [0.15, 0.2) is 0 Å². The molecule has 8 nitrogen and oxygen atoms in total. The highest BCUT2D eigenvalue weighted by Gasteiger charge is 2.27. The lowest BCUT2D eigenvalue weighted by atomic mass is 9.89. The quantitative estimate of drug-likeness (QED) is 0.628. The van der Waals surface area contributed by atoms with E-state index in [1.165, 1.54) is 12.1 Å². The molecule has 0 saturated carbocycles. The van der Waals surface area contributed by atoms with Crippen LogP contribution < -0.4 is 5.32 Å². The average Bonchev–Trinajstić information content (AvgIpc) is 2.41. The van der Waals surface area contributed by atoms with E-state index in [0.717, 1.165) is 12.6 Å². The monoisotopic (exact) mass is 281 g/mol. The molecule has 1 aliphatic rings. The molecule has 1 heterocycles. The fourth-order valence-electron chi connectivity index (χ4n) is 2.41. The van der Waals surface area contributed by atoms with E-state index in [1.807, 2.05) is 0 Å². The Morgan fingerprint density at radius 3 is 2.65 bits per heavy atom. The minimum absolute atomic E-state index is 0.121. The standard InChI is InChI=1S/C12H15N3O5/c16-12-3-4-13-7-9(12)5-8-1-2-10(14(17)18)6-11(8)15(19)20/h1-2,6,9,12-13,16H,3-5,7H2. The second-order valence-corrected chi connectivity index (χ2v) is 4.85. The summed E-state index contributed by atoms with van der Waals surface area (Å²) in [5, 5.41) is 34.7. The molecule has 2 rings (SSSR count). The summed E-state index contributed by atoms with van der Waals surface area (Å²) >= 11 is 0. The summed E-state index contributed by atoms with van der Waals surface area (Å²) < 4.78 is 0. The van der Waals surface area contributed by atoms with Crippen molar-refractivity contribution < 1.29 is 15.0 Å². The molecule has 0 spiro atoms. The maximum atomic E-state index is 11.0. The zero-order valence-electron chi connectivity index (χ0n) is 10.7. The number of rotatable bonds is 4. The first-order chi connectivity index (χ1) is 9.49. The Bertz CT molecular complexity index is 534. The van der Waals surface area contributed by atoms with Crippen LogP contribution in [-0.2, 0) is 6.42 Å². The Kier molecular flexibility index (Phi) is 4.26. The predicted octanol–water partition coefficient (Wildman–Crippen LogP) is 1.02. The minimum atomic E-state index is -0.659. The lowest BCUT2D eigenvalue weighted by molar-refractivity contribution is -0.394. The van der Waals surface area contributed by atoms with Crippen LogP contribution in [0.2, 0.25) is 0 Å². The van der Waals surface area contributed by atoms with Gasteiger partial charge in [-0.2, -0.15) is 0 Å². The Morgan fingerprint density at radius 1 is 1.30 bits per heavy atom. The van der Waals surface area contributed by atoms with Crippen molar-refractivity contribution in [3.8, 4) is 0 Å². The van der Waals surface area contributed by atoms with Gasteiger partial charge < -0.3 is 10.4 Å². The summed E-state index contributed by atoms with van der Waals surface area (Å²) in [6.45, 7) is 1.30. The molecule has 0 bridgehead atoms. The summed E-state index contributed by atoms with van der Waals surface area (Å²) in [6.07, 6.45) is 0.416. The van der Waals surface area contributed by atoms with Crippen molar-refractivity contribution >= 4 is 11.4 Å². The molecular formula is C12H15N3O5. The van der Waals surface area contributed by atoms with Crippen molar-refractivity contribution in [3.05, 3.63) is 44.0 Å². The Morgan fingerprint density at radius 2 is 2.05 bits per heavy atom. The van der Waals surface area contributed by atoms with Crippen molar-refractivity contribution in [2.24, 2.45) is 5.92 Å². The molecule has 20 heavy (non-hydrogen) atoms. The highest BCUT2D eigenvalue weighted by molar-refractivity contribution is 5.49. The molecule has 1 aliphatic heterocycles. The van der Waals surface area contributed by atoms with Gasteiger partial charge in [0.25, 0.3) is 11.4 Å². The molecule has 2 N–H and O–H groups in total. The highest BCUT2D eigenvalue weighted by Crippen LogP contribution is 2.28. The lowest BCUT2D eigenvalue weighted by Crippen LogP contribution is -2.40. The third-order valence-corrected chi connectivity index (χ3v) is 3.53. The van der Waals surface area contributed by atoms with Crippen LogP contribution >= 0.6 is 0 Å². The topological polar surface area (TPSA) is 119 Å². The number of nitrogens with zero attached hydrogens (tertiary/aromatic N) is 2. The van der Waals surface area contributed by atoms with Crippen molar-refractivity contribution in [2.75, 3.05) is 13.1 Å². The third-order valence-electron chi connectivity index (χ3n) is 3.53. The van der Waals surface area contributed by atoms with E-state index in [1.54, 1.807) is 0 Å². The number of piperidine rings is 1. The fraction of sp³-hybridized carbons (Fsp3) is 0.500. The number of nitrogens with one attached hydrogen (secondary N) is 1. The molecule has 1 saturated heterocycles. The summed E-state index contributed by atoms with van der Waals surface area (Å²) in [4.78, 5) is 20.4. The normalized spacial score (nSPS) is 22.4. The first-order valence-corrected chi connectivity index (χ1v) is 6.29. The molecule has 2 atom stereocenters. The van der Waals surface area contributed by atoms with Crippen LogP contribution in [-0.4, -0.2) is 34.1 Å². The maximum absolute atomic E-state index is 11.0. The molecule has 0 aromatic heterocycles. The molecule has 1 fully saturated rings. The maximum Gasteiger partial charge on any atom is 0.279 e. The first-order valence-electron chi connectivity index (χ1n) is 6.29. The van der Waals surface area contributed by atoms with Gasteiger partial charge in [-0.05, 0) is 25.5 Å². The average molecular weight is 281 g/mol. The van der Waals surface area contributed by atoms with Gasteiger partial charge in [0.1, 0.15) is 0 Å². The van der Waals surface area contributed by atoms with Crippen molar-refractivity contribution in [2.45, 2.75) is 18.9 Å². The molecule has 0 amide bonds. The van der Waals surface area contributed by atoms with Gasteiger partial charge in [-0.1, -0.05) is 0 Å². The number of hydrogen-bond donors (Lipinski definition) is 2. The van der Waals surface area contributed by atoms with Crippen LogP contribution in [0.4, 0.5) is 11.4 Å². The number of hydrogen-bond acceptors (Lipinski definition) is 6. The predicted molar refractivity (Wildman–Crippen MR) is 70.4 cm³/mol. The summed E-state index contributed by atoms with van der Waals surface area (Å²) in [5.74, 6) is -0.121. The molecule has 108 valence electrons. The van der Waals surface area contributed by atoms with E-state index < -0.39 is 16.0 Å². The molecule has 1 aromatic carbocycles. The van der Waals surface area contributed by atoms with E-state index >= 15 is 0 Å². The fourth-order valence-corrected chi connectivity index (χ4v) is 2.41. The Balaban J connectivity index is 2.26. The SMILES string of the molecule is O=[N+]([O-])c1ccc(CC2CNCCC2O)c([N+](=O)[O-])c1. The van der Waals surface area contributed by atoms with Crippen molar-refractivity contribution in [3.63, 3.8) is 0 Å². The summed E-state index contributed by atoms with van der Waals surface area (Å²) in [7, 11) is 0. The smallest absolute Gasteiger partial charge is 0.279 e. The van der Waals surface area contributed by atoms with Gasteiger partial charge >= 0.3 is 0 Å². The second-order valence-electron chi connectivity index (χ2n) is 4.85. The van der Waals surface area contributed by atoms with E-state index in [2.05, 4.69) is 5.32 Å². The van der Waals surface area contributed by atoms with E-state index in [0.29, 0.717) is 24.9 Å². The second kappa shape index (κ2) is 5.93. The molecular weight excluding hydrogens is 266 g/mol. The first kappa shape index (κ1) is 14.4. The van der Waals surface area contributed by atoms with Crippen LogP contribution in [0.1, 0.15) is 12.0 Å². The molecule has 1 aromatic rings. The number of nitro groups is 2. The van der Waals surface area contributed by atoms with Gasteiger partial charge in [-0.15, -0.1) is 0 Å². The zero-order chi connectivity index (χ0) is 14.7. The van der Waals surface area contributed by atoms with Crippen LogP contribution in [0, 0.1) is 26.1 Å². The van der Waals surface area contributed by atoms with E-state index in [4.69, 9.17) is 0 Å². The van der Waals surface area contributed by atoms with Crippen molar-refractivity contribution in [1.29, 1.82) is 0 Å². The van der Waals surface area contributed by atoms with Crippen LogP contribution in [0.5, 0.6) is 0 Å². The molecule has 8 heteroatoms. The number of aliphatic hydroxyl groups is 1. The molecule has 0 aliphatic carbocycles. The van der Waals surface area contributed by atoms with Crippen LogP contribution in [0.25, 0.3) is 0 Å². The Hall–Kier alpha value is -2.06. The van der Waals surface area contributed by atoms with E-state index in [9.17, 15) is 25.3 Å². The lowest BCUT2D eigenvalue weighted by Gasteiger charge is -2.28. The van der Waals surface area contributed by atoms with Gasteiger partial charge in [-0.25, -0.2) is 0 Å². The van der Waals surface area contributed by atoms with Gasteiger partial charge in [0, 0.05) is 24.1 Å². The van der Waals surface area contributed by atoms with Crippen molar-refractivity contribution in [1.82, 2.24) is 5.32 Å².